The van der Waals surface area contributed by atoms with Gasteiger partial charge in [-0.3, -0.25) is 4.99 Å². The number of hydrogen-bond donors (Lipinski definition) is 1. The van der Waals surface area contributed by atoms with Crippen LogP contribution in [0.25, 0.3) is 0 Å². The Morgan fingerprint density at radius 1 is 1.29 bits per heavy atom. The Morgan fingerprint density at radius 3 is 2.48 bits per heavy atom. The summed E-state index contributed by atoms with van der Waals surface area (Å²) in [7, 11) is 0. The average Bonchev–Trinajstić information content (AvgIpc) is 2.51. The molecule has 0 amide bonds. The van der Waals surface area contributed by atoms with E-state index in [1.54, 1.807) is 0 Å². The van der Waals surface area contributed by atoms with Gasteiger partial charge in [0.1, 0.15) is 5.82 Å². The molecule has 4 heteroatoms. The first-order valence-electron chi connectivity index (χ1n) is 7.75. The zero-order valence-corrected chi connectivity index (χ0v) is 14.0. The fourth-order valence-electron chi connectivity index (χ4n) is 2.55. The molecule has 1 atom stereocenters. The molecule has 0 bridgehead atoms. The lowest BCUT2D eigenvalue weighted by atomic mass is 9.84. The van der Waals surface area contributed by atoms with E-state index in [1.165, 1.54) is 25.0 Å². The van der Waals surface area contributed by atoms with E-state index >= 15 is 0 Å². The minimum atomic E-state index is -0.179. The standard InChI is InChI=1S/C17H25FN2S/c1-4-17(5-2)11-19-16(21-12-17)20-13(3)10-14-6-8-15(18)9-7-14/h6-9,13H,4-5,10-12H2,1-3H3,(H,19,20). The van der Waals surface area contributed by atoms with Crippen LogP contribution in [0.4, 0.5) is 4.39 Å². The molecule has 21 heavy (non-hydrogen) atoms. The van der Waals surface area contributed by atoms with Crippen LogP contribution >= 0.6 is 11.8 Å². The molecule has 2 nitrogen and oxygen atoms in total. The van der Waals surface area contributed by atoms with E-state index in [2.05, 4.69) is 26.1 Å². The van der Waals surface area contributed by atoms with Gasteiger partial charge >= 0.3 is 0 Å². The van der Waals surface area contributed by atoms with Gasteiger partial charge in [-0.15, -0.1) is 0 Å². The largest absolute Gasteiger partial charge is 0.362 e. The molecule has 0 radical (unpaired) electrons. The molecule has 0 spiro atoms. The van der Waals surface area contributed by atoms with Crippen molar-refractivity contribution < 1.29 is 4.39 Å². The van der Waals surface area contributed by atoms with Gasteiger partial charge < -0.3 is 5.32 Å². The van der Waals surface area contributed by atoms with Gasteiger partial charge in [0.05, 0.1) is 0 Å². The van der Waals surface area contributed by atoms with Crippen LogP contribution in [0.2, 0.25) is 0 Å². The fourth-order valence-corrected chi connectivity index (χ4v) is 3.94. The Balaban J connectivity index is 1.87. The first-order chi connectivity index (χ1) is 10.1. The van der Waals surface area contributed by atoms with Crippen molar-refractivity contribution in [3.63, 3.8) is 0 Å². The molecule has 0 fully saturated rings. The number of hydrogen-bond acceptors (Lipinski definition) is 3. The number of nitrogens with zero attached hydrogens (tertiary/aromatic N) is 1. The summed E-state index contributed by atoms with van der Waals surface area (Å²) in [6.45, 7) is 7.59. The molecule has 1 aliphatic rings. The van der Waals surface area contributed by atoms with Gasteiger partial charge in [0, 0.05) is 18.3 Å². The van der Waals surface area contributed by atoms with Crippen LogP contribution in [0.3, 0.4) is 0 Å². The first kappa shape index (κ1) is 16.3. The molecular formula is C17H25FN2S. The molecule has 1 unspecified atom stereocenters. The maximum atomic E-state index is 12.9. The van der Waals surface area contributed by atoms with Crippen molar-refractivity contribution in [2.75, 3.05) is 12.3 Å². The minimum absolute atomic E-state index is 0.179. The monoisotopic (exact) mass is 308 g/mol. The Kier molecular flexibility index (Phi) is 5.68. The summed E-state index contributed by atoms with van der Waals surface area (Å²) in [5.41, 5.74) is 1.53. The Hall–Kier alpha value is -1.03. The number of thioether (sulfide) groups is 1. The van der Waals surface area contributed by atoms with Crippen LogP contribution in [0.15, 0.2) is 29.3 Å². The van der Waals surface area contributed by atoms with Gasteiger partial charge in [-0.1, -0.05) is 37.7 Å². The molecular weight excluding hydrogens is 283 g/mol. The number of benzene rings is 1. The Labute approximate surface area is 131 Å². The molecule has 1 aromatic carbocycles. The minimum Gasteiger partial charge on any atom is -0.362 e. The van der Waals surface area contributed by atoms with Gasteiger partial charge in [0.15, 0.2) is 5.17 Å². The molecule has 0 aromatic heterocycles. The van der Waals surface area contributed by atoms with E-state index in [0.717, 1.165) is 29.4 Å². The molecule has 2 rings (SSSR count). The second kappa shape index (κ2) is 7.30. The number of halogens is 1. The molecule has 1 heterocycles. The van der Waals surface area contributed by atoms with Gasteiger partial charge in [-0.05, 0) is 49.3 Å². The van der Waals surface area contributed by atoms with Crippen molar-refractivity contribution in [2.24, 2.45) is 10.4 Å². The average molecular weight is 308 g/mol. The highest BCUT2D eigenvalue weighted by atomic mass is 32.2. The van der Waals surface area contributed by atoms with Crippen molar-refractivity contribution >= 4 is 16.9 Å². The van der Waals surface area contributed by atoms with Crippen LogP contribution in [-0.2, 0) is 6.42 Å². The maximum absolute atomic E-state index is 12.9. The van der Waals surface area contributed by atoms with Crippen molar-refractivity contribution in [3.8, 4) is 0 Å². The first-order valence-corrected chi connectivity index (χ1v) is 8.73. The summed E-state index contributed by atoms with van der Waals surface area (Å²) in [4.78, 5) is 4.73. The molecule has 1 N–H and O–H groups in total. The maximum Gasteiger partial charge on any atom is 0.156 e. The predicted molar refractivity (Wildman–Crippen MR) is 90.5 cm³/mol. The van der Waals surface area contributed by atoms with Crippen LogP contribution in [0, 0.1) is 11.2 Å². The fraction of sp³-hybridized carbons (Fsp3) is 0.588. The SMILES string of the molecule is CCC1(CC)CN=C(NC(C)Cc2ccc(F)cc2)SC1. The normalized spacial score (nSPS) is 19.0. The van der Waals surface area contributed by atoms with Gasteiger partial charge in [-0.2, -0.15) is 0 Å². The number of rotatable bonds is 5. The van der Waals surface area contributed by atoms with E-state index in [-0.39, 0.29) is 5.82 Å². The van der Waals surface area contributed by atoms with Gasteiger partial charge in [0.2, 0.25) is 0 Å². The predicted octanol–water partition coefficient (Wildman–Crippen LogP) is 4.26. The lowest BCUT2D eigenvalue weighted by molar-refractivity contribution is 0.318. The van der Waals surface area contributed by atoms with Gasteiger partial charge in [-0.25, -0.2) is 4.39 Å². The van der Waals surface area contributed by atoms with E-state index in [0.29, 0.717) is 11.5 Å². The number of nitrogens with one attached hydrogen (secondary N) is 1. The number of aliphatic imine (C=N–C) groups is 1. The number of amidine groups is 1. The van der Waals surface area contributed by atoms with E-state index < -0.39 is 0 Å². The zero-order valence-electron chi connectivity index (χ0n) is 13.2. The summed E-state index contributed by atoms with van der Waals surface area (Å²) in [6, 6.07) is 7.04. The Morgan fingerprint density at radius 2 is 1.95 bits per heavy atom. The van der Waals surface area contributed by atoms with Crippen LogP contribution < -0.4 is 5.32 Å². The van der Waals surface area contributed by atoms with Crippen LogP contribution in [0.5, 0.6) is 0 Å². The Bertz CT molecular complexity index is 480. The molecule has 0 aliphatic carbocycles. The summed E-state index contributed by atoms with van der Waals surface area (Å²) in [5, 5.41) is 4.54. The van der Waals surface area contributed by atoms with Crippen molar-refractivity contribution in [2.45, 2.75) is 46.1 Å². The third kappa shape index (κ3) is 4.47. The van der Waals surface area contributed by atoms with Crippen molar-refractivity contribution in [3.05, 3.63) is 35.6 Å². The third-order valence-electron chi connectivity index (χ3n) is 4.40. The molecule has 1 aromatic rings. The van der Waals surface area contributed by atoms with E-state index in [4.69, 9.17) is 4.99 Å². The molecule has 0 saturated heterocycles. The second-order valence-electron chi connectivity index (χ2n) is 5.99. The van der Waals surface area contributed by atoms with Gasteiger partial charge in [0.25, 0.3) is 0 Å². The quantitative estimate of drug-likeness (QED) is 0.879. The van der Waals surface area contributed by atoms with Crippen LogP contribution in [0.1, 0.15) is 39.2 Å². The molecule has 116 valence electrons. The highest BCUT2D eigenvalue weighted by Gasteiger charge is 2.30. The summed E-state index contributed by atoms with van der Waals surface area (Å²) in [5.74, 6) is 0.969. The lowest BCUT2D eigenvalue weighted by Gasteiger charge is -2.34. The summed E-state index contributed by atoms with van der Waals surface area (Å²) < 4.78 is 12.9. The van der Waals surface area contributed by atoms with Crippen molar-refractivity contribution in [1.82, 2.24) is 5.32 Å². The highest BCUT2D eigenvalue weighted by molar-refractivity contribution is 8.13. The topological polar surface area (TPSA) is 24.4 Å². The van der Waals surface area contributed by atoms with Crippen LogP contribution in [-0.4, -0.2) is 23.5 Å². The summed E-state index contributed by atoms with van der Waals surface area (Å²) >= 11 is 1.84. The van der Waals surface area contributed by atoms with Crippen molar-refractivity contribution in [1.29, 1.82) is 0 Å². The highest BCUT2D eigenvalue weighted by Crippen LogP contribution is 2.34. The lowest BCUT2D eigenvalue weighted by Crippen LogP contribution is -2.38. The second-order valence-corrected chi connectivity index (χ2v) is 6.96. The third-order valence-corrected chi connectivity index (χ3v) is 5.68. The van der Waals surface area contributed by atoms with E-state index in [1.807, 2.05) is 23.9 Å². The molecule has 0 saturated carbocycles. The zero-order chi connectivity index (χ0) is 15.3. The van der Waals surface area contributed by atoms with E-state index in [9.17, 15) is 4.39 Å². The smallest absolute Gasteiger partial charge is 0.156 e. The molecule has 1 aliphatic heterocycles. The summed E-state index contributed by atoms with van der Waals surface area (Å²) in [6.07, 6.45) is 3.27.